The first-order valence-corrected chi connectivity index (χ1v) is 13.1. The second kappa shape index (κ2) is 12.3. The van der Waals surface area contributed by atoms with Gasteiger partial charge in [0.15, 0.2) is 0 Å². The molecule has 2 fully saturated rings. The van der Waals surface area contributed by atoms with E-state index in [2.05, 4.69) is 47.5 Å². The highest BCUT2D eigenvalue weighted by Gasteiger charge is 2.31. The summed E-state index contributed by atoms with van der Waals surface area (Å²) in [4.78, 5) is 58.9. The van der Waals surface area contributed by atoms with Crippen LogP contribution >= 0.6 is 0 Å². The molecular formula is C26H40N6O4. The van der Waals surface area contributed by atoms with Gasteiger partial charge in [0.2, 0.25) is 17.7 Å². The van der Waals surface area contributed by atoms with Gasteiger partial charge in [-0.25, -0.2) is 4.98 Å². The van der Waals surface area contributed by atoms with E-state index in [4.69, 9.17) is 0 Å². The van der Waals surface area contributed by atoms with Crippen LogP contribution in [0.5, 0.6) is 0 Å². The Kier molecular flexibility index (Phi) is 9.42. The van der Waals surface area contributed by atoms with Gasteiger partial charge in [-0.2, -0.15) is 0 Å². The summed E-state index contributed by atoms with van der Waals surface area (Å²) >= 11 is 0. The van der Waals surface area contributed by atoms with Crippen molar-refractivity contribution < 1.29 is 19.2 Å². The van der Waals surface area contributed by atoms with E-state index in [9.17, 15) is 19.2 Å². The minimum absolute atomic E-state index is 0.0643. The molecule has 0 aromatic carbocycles. The van der Waals surface area contributed by atoms with Crippen LogP contribution in [0.1, 0.15) is 71.2 Å². The molecule has 10 nitrogen and oxygen atoms in total. The Hall–Kier alpha value is -3.01. The smallest absolute Gasteiger partial charge is 0.277 e. The van der Waals surface area contributed by atoms with E-state index in [1.807, 2.05) is 4.90 Å². The maximum absolute atomic E-state index is 12.6. The van der Waals surface area contributed by atoms with Crippen LogP contribution in [0, 0.1) is 5.92 Å². The summed E-state index contributed by atoms with van der Waals surface area (Å²) < 4.78 is 2.10. The number of nitrogens with one attached hydrogen (secondary N) is 1. The fourth-order valence-electron chi connectivity index (χ4n) is 4.97. The number of carbonyl (C=O) groups excluding carboxylic acids is 4. The highest BCUT2D eigenvalue weighted by molar-refractivity contribution is 6.12. The molecule has 0 bridgehead atoms. The zero-order chi connectivity index (χ0) is 26.4. The van der Waals surface area contributed by atoms with Gasteiger partial charge in [-0.3, -0.25) is 29.0 Å². The van der Waals surface area contributed by atoms with E-state index in [1.165, 1.54) is 6.92 Å². The normalized spacial score (nSPS) is 18.5. The molecule has 36 heavy (non-hydrogen) atoms. The molecule has 2 aliphatic rings. The van der Waals surface area contributed by atoms with Crippen molar-refractivity contribution in [3.8, 4) is 0 Å². The summed E-state index contributed by atoms with van der Waals surface area (Å²) in [5.74, 6) is -0.802. The van der Waals surface area contributed by atoms with E-state index in [0.29, 0.717) is 11.6 Å². The number of imidazole rings is 1. The standard InChI is InChI=1S/C26H40N6O4/c1-6-20(7-2)25(35)30-13-11-29(12-14-30)9-8-10-31-17-27-21(24(31)18(3)4)15-22-26(36)32(19(5)33)16-23(34)28-22/h15,17-18,20H,6-14,16H2,1-5H3,(H,28,34)/b22-15-. The first kappa shape index (κ1) is 27.6. The molecule has 2 aliphatic heterocycles. The fourth-order valence-corrected chi connectivity index (χ4v) is 4.97. The minimum atomic E-state index is -0.520. The quantitative estimate of drug-likeness (QED) is 0.519. The highest BCUT2D eigenvalue weighted by Crippen LogP contribution is 2.23. The first-order valence-electron chi connectivity index (χ1n) is 13.1. The van der Waals surface area contributed by atoms with E-state index in [0.717, 1.165) is 69.1 Å². The lowest BCUT2D eigenvalue weighted by molar-refractivity contribution is -0.147. The third kappa shape index (κ3) is 6.40. The monoisotopic (exact) mass is 500 g/mol. The molecule has 3 heterocycles. The van der Waals surface area contributed by atoms with Gasteiger partial charge in [0.1, 0.15) is 12.2 Å². The van der Waals surface area contributed by atoms with Crippen LogP contribution in [-0.4, -0.2) is 87.1 Å². The van der Waals surface area contributed by atoms with E-state index < -0.39 is 17.7 Å². The largest absolute Gasteiger partial charge is 0.340 e. The molecule has 1 aromatic rings. The summed E-state index contributed by atoms with van der Waals surface area (Å²) in [6, 6.07) is 0. The van der Waals surface area contributed by atoms with Crippen LogP contribution in [-0.2, 0) is 25.7 Å². The molecule has 0 spiro atoms. The average Bonchev–Trinajstić information content (AvgIpc) is 3.24. The van der Waals surface area contributed by atoms with Gasteiger partial charge in [-0.1, -0.05) is 27.7 Å². The van der Waals surface area contributed by atoms with Crippen molar-refractivity contribution >= 4 is 29.7 Å². The molecule has 198 valence electrons. The van der Waals surface area contributed by atoms with Crippen molar-refractivity contribution in [2.75, 3.05) is 39.3 Å². The molecule has 0 aliphatic carbocycles. The van der Waals surface area contributed by atoms with E-state index in [-0.39, 0.29) is 24.1 Å². The van der Waals surface area contributed by atoms with E-state index >= 15 is 0 Å². The Labute approximate surface area is 213 Å². The Morgan fingerprint density at radius 1 is 1.08 bits per heavy atom. The van der Waals surface area contributed by atoms with Gasteiger partial charge in [-0.15, -0.1) is 0 Å². The molecule has 0 saturated carbocycles. The van der Waals surface area contributed by atoms with Crippen LogP contribution in [0.15, 0.2) is 12.0 Å². The Balaban J connectivity index is 1.60. The molecule has 10 heteroatoms. The average molecular weight is 501 g/mol. The SMILES string of the molecule is CCC(CC)C(=O)N1CCN(CCCn2cnc(/C=C3\NC(=O)CN(C(C)=O)C3=O)c2C(C)C)CC1. The molecule has 2 saturated heterocycles. The summed E-state index contributed by atoms with van der Waals surface area (Å²) in [5, 5.41) is 2.58. The number of carbonyl (C=O) groups is 4. The van der Waals surface area contributed by atoms with Crippen molar-refractivity contribution in [3.05, 3.63) is 23.4 Å². The Bertz CT molecular complexity index is 1000. The molecule has 1 aromatic heterocycles. The minimum Gasteiger partial charge on any atom is -0.340 e. The van der Waals surface area contributed by atoms with Crippen molar-refractivity contribution in [1.82, 2.24) is 29.6 Å². The number of rotatable bonds is 9. The second-order valence-corrected chi connectivity index (χ2v) is 9.91. The molecule has 0 unspecified atom stereocenters. The summed E-state index contributed by atoms with van der Waals surface area (Å²) in [7, 11) is 0. The van der Waals surface area contributed by atoms with Crippen molar-refractivity contribution in [3.63, 3.8) is 0 Å². The Morgan fingerprint density at radius 3 is 2.33 bits per heavy atom. The second-order valence-electron chi connectivity index (χ2n) is 9.91. The lowest BCUT2D eigenvalue weighted by atomic mass is 10.0. The van der Waals surface area contributed by atoms with Gasteiger partial charge in [0.05, 0.1) is 12.0 Å². The maximum Gasteiger partial charge on any atom is 0.277 e. The van der Waals surface area contributed by atoms with Crippen molar-refractivity contribution in [2.24, 2.45) is 5.92 Å². The number of aryl methyl sites for hydroxylation is 1. The number of imide groups is 1. The number of aromatic nitrogens is 2. The van der Waals surface area contributed by atoms with Crippen molar-refractivity contribution in [1.29, 1.82) is 0 Å². The van der Waals surface area contributed by atoms with E-state index in [1.54, 1.807) is 12.4 Å². The molecule has 4 amide bonds. The molecule has 0 radical (unpaired) electrons. The maximum atomic E-state index is 12.6. The van der Waals surface area contributed by atoms with Crippen LogP contribution in [0.2, 0.25) is 0 Å². The third-order valence-electron chi connectivity index (χ3n) is 7.06. The van der Waals surface area contributed by atoms with Gasteiger partial charge in [-0.05, 0) is 37.8 Å². The third-order valence-corrected chi connectivity index (χ3v) is 7.06. The number of piperazine rings is 2. The number of hydrogen-bond donors (Lipinski definition) is 1. The summed E-state index contributed by atoms with van der Waals surface area (Å²) in [6.07, 6.45) is 6.06. The lowest BCUT2D eigenvalue weighted by Crippen LogP contribution is -2.51. The lowest BCUT2D eigenvalue weighted by Gasteiger charge is -2.36. The van der Waals surface area contributed by atoms with Crippen LogP contribution in [0.4, 0.5) is 0 Å². The number of amides is 4. The van der Waals surface area contributed by atoms with Crippen LogP contribution < -0.4 is 5.32 Å². The highest BCUT2D eigenvalue weighted by atomic mass is 16.2. The summed E-state index contributed by atoms with van der Waals surface area (Å²) in [6.45, 7) is 14.3. The predicted molar refractivity (Wildman–Crippen MR) is 137 cm³/mol. The molecule has 0 atom stereocenters. The zero-order valence-corrected chi connectivity index (χ0v) is 22.2. The van der Waals surface area contributed by atoms with Gasteiger partial charge in [0.25, 0.3) is 5.91 Å². The zero-order valence-electron chi connectivity index (χ0n) is 22.2. The first-order chi connectivity index (χ1) is 17.2. The molecule has 3 rings (SSSR count). The predicted octanol–water partition coefficient (Wildman–Crippen LogP) is 1.82. The number of nitrogens with zero attached hydrogens (tertiary/aromatic N) is 5. The van der Waals surface area contributed by atoms with Crippen molar-refractivity contribution in [2.45, 2.75) is 66.3 Å². The number of hydrogen-bond acceptors (Lipinski definition) is 6. The topological polar surface area (TPSA) is 108 Å². The van der Waals surface area contributed by atoms with Gasteiger partial charge in [0, 0.05) is 51.3 Å². The summed E-state index contributed by atoms with van der Waals surface area (Å²) in [5.41, 5.74) is 1.66. The van der Waals surface area contributed by atoms with Gasteiger partial charge >= 0.3 is 0 Å². The van der Waals surface area contributed by atoms with Gasteiger partial charge < -0.3 is 14.8 Å². The Morgan fingerprint density at radius 2 is 1.75 bits per heavy atom. The fraction of sp³-hybridized carbons (Fsp3) is 0.654. The molecular weight excluding hydrogens is 460 g/mol. The molecule has 1 N–H and O–H groups in total. The van der Waals surface area contributed by atoms with Crippen LogP contribution in [0.25, 0.3) is 6.08 Å². The van der Waals surface area contributed by atoms with Crippen LogP contribution in [0.3, 0.4) is 0 Å².